The summed E-state index contributed by atoms with van der Waals surface area (Å²) < 4.78 is 0. The molecule has 0 spiro atoms. The molecule has 0 bridgehead atoms. The van der Waals surface area contributed by atoms with Crippen LogP contribution in [0.25, 0.3) is 11.1 Å². The highest BCUT2D eigenvalue weighted by Gasteiger charge is 2.10. The lowest BCUT2D eigenvalue weighted by Crippen LogP contribution is -2.18. The molecule has 2 N–H and O–H groups in total. The van der Waals surface area contributed by atoms with Crippen LogP contribution in [0, 0.1) is 0 Å². The fourth-order valence-corrected chi connectivity index (χ4v) is 2.48. The maximum Gasteiger partial charge on any atom is 0.269 e. The highest BCUT2D eigenvalue weighted by atomic mass is 16.1. The second-order valence-electron chi connectivity index (χ2n) is 4.91. The van der Waals surface area contributed by atoms with E-state index >= 15 is 0 Å². The summed E-state index contributed by atoms with van der Waals surface area (Å²) in [5.74, 6) is -0.161. The van der Waals surface area contributed by atoms with E-state index in [0.717, 1.165) is 24.1 Å². The van der Waals surface area contributed by atoms with Crippen LogP contribution in [0.4, 0.5) is 5.69 Å². The molecule has 2 heterocycles. The second-order valence-corrected chi connectivity index (χ2v) is 4.91. The van der Waals surface area contributed by atoms with Crippen LogP contribution in [0.15, 0.2) is 36.5 Å². The lowest BCUT2D eigenvalue weighted by atomic mass is 9.98. The van der Waals surface area contributed by atoms with Crippen molar-refractivity contribution in [1.82, 2.24) is 10.3 Å². The van der Waals surface area contributed by atoms with E-state index in [4.69, 9.17) is 0 Å². The SMILES string of the molecule is CNC(=O)c1ccc(-c2ccc3c(c2)CCCN3)cn1. The van der Waals surface area contributed by atoms with Gasteiger partial charge >= 0.3 is 0 Å². The first kappa shape index (κ1) is 12.7. The number of anilines is 1. The van der Waals surface area contributed by atoms with Gasteiger partial charge < -0.3 is 10.6 Å². The number of aromatic nitrogens is 1. The summed E-state index contributed by atoms with van der Waals surface area (Å²) in [6.45, 7) is 1.05. The first-order chi connectivity index (χ1) is 9.78. The van der Waals surface area contributed by atoms with Gasteiger partial charge in [0.05, 0.1) is 0 Å². The summed E-state index contributed by atoms with van der Waals surface area (Å²) in [6.07, 6.45) is 4.03. The molecule has 2 aromatic rings. The van der Waals surface area contributed by atoms with Gasteiger partial charge in [-0.15, -0.1) is 0 Å². The third-order valence-electron chi connectivity index (χ3n) is 3.60. The van der Waals surface area contributed by atoms with Gasteiger partial charge in [-0.05, 0) is 42.2 Å². The van der Waals surface area contributed by atoms with E-state index in [9.17, 15) is 4.79 Å². The van der Waals surface area contributed by atoms with E-state index < -0.39 is 0 Å². The first-order valence-electron chi connectivity index (χ1n) is 6.83. The molecule has 0 unspecified atom stereocenters. The summed E-state index contributed by atoms with van der Waals surface area (Å²) in [7, 11) is 1.61. The van der Waals surface area contributed by atoms with E-state index in [-0.39, 0.29) is 5.91 Å². The Kier molecular flexibility index (Phi) is 3.37. The Morgan fingerprint density at radius 1 is 1.25 bits per heavy atom. The highest BCUT2D eigenvalue weighted by molar-refractivity contribution is 5.92. The zero-order chi connectivity index (χ0) is 13.9. The minimum Gasteiger partial charge on any atom is -0.385 e. The van der Waals surface area contributed by atoms with E-state index in [2.05, 4.69) is 33.8 Å². The standard InChI is InChI=1S/C16H17N3O/c1-17-16(20)15-7-5-13(10-19-15)11-4-6-14-12(9-11)3-2-8-18-14/h4-7,9-10,18H,2-3,8H2,1H3,(H,17,20). The van der Waals surface area contributed by atoms with Crippen LogP contribution in [0.1, 0.15) is 22.5 Å². The number of aryl methyl sites for hydroxylation is 1. The lowest BCUT2D eigenvalue weighted by Gasteiger charge is -2.18. The van der Waals surface area contributed by atoms with Gasteiger partial charge in [0.15, 0.2) is 0 Å². The van der Waals surface area contributed by atoms with E-state index in [1.165, 1.54) is 17.7 Å². The molecule has 4 nitrogen and oxygen atoms in total. The Bertz CT molecular complexity index is 635. The average Bonchev–Trinajstić information content (AvgIpc) is 2.54. The largest absolute Gasteiger partial charge is 0.385 e. The van der Waals surface area contributed by atoms with Crippen LogP contribution in [0.5, 0.6) is 0 Å². The fraction of sp³-hybridized carbons (Fsp3) is 0.250. The lowest BCUT2D eigenvalue weighted by molar-refractivity contribution is 0.0958. The van der Waals surface area contributed by atoms with Gasteiger partial charge in [0, 0.05) is 31.0 Å². The molecule has 1 aromatic heterocycles. The molecule has 0 saturated heterocycles. The van der Waals surface area contributed by atoms with Crippen molar-refractivity contribution in [3.63, 3.8) is 0 Å². The number of pyridine rings is 1. The normalized spacial score (nSPS) is 13.2. The van der Waals surface area contributed by atoms with Crippen LogP contribution in [0.3, 0.4) is 0 Å². The van der Waals surface area contributed by atoms with Crippen molar-refractivity contribution in [1.29, 1.82) is 0 Å². The van der Waals surface area contributed by atoms with Crippen molar-refractivity contribution >= 4 is 11.6 Å². The molecule has 1 aromatic carbocycles. The molecule has 20 heavy (non-hydrogen) atoms. The molecule has 4 heteroatoms. The minimum atomic E-state index is -0.161. The number of carbonyl (C=O) groups is 1. The zero-order valence-electron chi connectivity index (χ0n) is 11.4. The average molecular weight is 267 g/mol. The van der Waals surface area contributed by atoms with Crippen molar-refractivity contribution in [2.45, 2.75) is 12.8 Å². The Labute approximate surface area is 118 Å². The summed E-state index contributed by atoms with van der Waals surface area (Å²) >= 11 is 0. The van der Waals surface area contributed by atoms with Crippen LogP contribution >= 0.6 is 0 Å². The molecular weight excluding hydrogens is 250 g/mol. The smallest absolute Gasteiger partial charge is 0.269 e. The number of benzene rings is 1. The summed E-state index contributed by atoms with van der Waals surface area (Å²) in [4.78, 5) is 15.7. The van der Waals surface area contributed by atoms with Crippen molar-refractivity contribution in [3.05, 3.63) is 47.8 Å². The van der Waals surface area contributed by atoms with Crippen LogP contribution in [-0.4, -0.2) is 24.5 Å². The number of fused-ring (bicyclic) bond motifs is 1. The topological polar surface area (TPSA) is 54.0 Å². The van der Waals surface area contributed by atoms with Crippen LogP contribution in [0.2, 0.25) is 0 Å². The Morgan fingerprint density at radius 3 is 2.85 bits per heavy atom. The molecule has 1 aliphatic heterocycles. The van der Waals surface area contributed by atoms with Gasteiger partial charge in [-0.3, -0.25) is 9.78 Å². The second kappa shape index (κ2) is 5.33. The van der Waals surface area contributed by atoms with Gasteiger partial charge in [0.1, 0.15) is 5.69 Å². The predicted molar refractivity (Wildman–Crippen MR) is 79.9 cm³/mol. The van der Waals surface area contributed by atoms with Gasteiger partial charge in [0.25, 0.3) is 5.91 Å². The number of nitrogens with one attached hydrogen (secondary N) is 2. The summed E-state index contributed by atoms with van der Waals surface area (Å²) in [6, 6.07) is 10.1. The Balaban J connectivity index is 1.91. The number of amides is 1. The molecule has 102 valence electrons. The molecule has 0 atom stereocenters. The van der Waals surface area contributed by atoms with Crippen molar-refractivity contribution in [3.8, 4) is 11.1 Å². The first-order valence-corrected chi connectivity index (χ1v) is 6.83. The fourth-order valence-electron chi connectivity index (χ4n) is 2.48. The van der Waals surface area contributed by atoms with Crippen molar-refractivity contribution in [2.75, 3.05) is 18.9 Å². The number of hydrogen-bond acceptors (Lipinski definition) is 3. The van der Waals surface area contributed by atoms with Gasteiger partial charge in [0.2, 0.25) is 0 Å². The van der Waals surface area contributed by atoms with Crippen molar-refractivity contribution in [2.24, 2.45) is 0 Å². The third kappa shape index (κ3) is 2.37. The van der Waals surface area contributed by atoms with Crippen molar-refractivity contribution < 1.29 is 4.79 Å². The predicted octanol–water partition coefficient (Wildman–Crippen LogP) is 2.47. The zero-order valence-corrected chi connectivity index (χ0v) is 11.4. The maximum atomic E-state index is 11.5. The van der Waals surface area contributed by atoms with E-state index in [1.807, 2.05) is 6.07 Å². The molecule has 3 rings (SSSR count). The molecular formula is C16H17N3O. The van der Waals surface area contributed by atoms with Gasteiger partial charge in [-0.2, -0.15) is 0 Å². The van der Waals surface area contributed by atoms with Gasteiger partial charge in [-0.25, -0.2) is 0 Å². The van der Waals surface area contributed by atoms with E-state index in [1.54, 1.807) is 19.3 Å². The maximum absolute atomic E-state index is 11.5. The summed E-state index contributed by atoms with van der Waals surface area (Å²) in [5, 5.41) is 5.98. The number of hydrogen-bond donors (Lipinski definition) is 2. The third-order valence-corrected chi connectivity index (χ3v) is 3.60. The molecule has 0 radical (unpaired) electrons. The van der Waals surface area contributed by atoms with E-state index in [0.29, 0.717) is 5.69 Å². The molecule has 0 fully saturated rings. The molecule has 1 amide bonds. The molecule has 1 aliphatic rings. The Morgan fingerprint density at radius 2 is 2.10 bits per heavy atom. The minimum absolute atomic E-state index is 0.161. The Hall–Kier alpha value is -2.36. The molecule has 0 aliphatic carbocycles. The monoisotopic (exact) mass is 267 g/mol. The number of nitrogens with zero attached hydrogens (tertiary/aromatic N) is 1. The number of carbonyl (C=O) groups excluding carboxylic acids is 1. The van der Waals surface area contributed by atoms with Crippen LogP contribution < -0.4 is 10.6 Å². The number of rotatable bonds is 2. The quantitative estimate of drug-likeness (QED) is 0.879. The summed E-state index contributed by atoms with van der Waals surface area (Å²) in [5.41, 5.74) is 5.20. The van der Waals surface area contributed by atoms with Crippen LogP contribution in [-0.2, 0) is 6.42 Å². The van der Waals surface area contributed by atoms with Gasteiger partial charge in [-0.1, -0.05) is 12.1 Å². The molecule has 0 saturated carbocycles. The highest BCUT2D eigenvalue weighted by Crippen LogP contribution is 2.28.